The molecule has 1 aromatic carbocycles. The Morgan fingerprint density at radius 1 is 1.31 bits per heavy atom. The summed E-state index contributed by atoms with van der Waals surface area (Å²) in [6.45, 7) is 6.09. The van der Waals surface area contributed by atoms with E-state index in [1.165, 1.54) is 16.5 Å². The number of aromatic nitrogens is 1. The van der Waals surface area contributed by atoms with Gasteiger partial charge in [-0.3, -0.25) is 0 Å². The van der Waals surface area contributed by atoms with Crippen molar-refractivity contribution in [2.45, 2.75) is 27.2 Å². The fourth-order valence-corrected chi connectivity index (χ4v) is 1.95. The third-order valence-electron chi connectivity index (χ3n) is 2.57. The second-order valence-corrected chi connectivity index (χ2v) is 3.57. The average molecular weight is 214 g/mol. The number of hydrogen-bond acceptors (Lipinski definition) is 1. The fraction of sp³-hybridized carbons (Fsp3) is 0.357. The highest BCUT2D eigenvalue weighted by atomic mass is 14.9. The lowest BCUT2D eigenvalue weighted by Crippen LogP contribution is -1.83. The van der Waals surface area contributed by atoms with Crippen molar-refractivity contribution in [1.29, 1.82) is 5.26 Å². The molecular formula is C14H18N2. The van der Waals surface area contributed by atoms with Gasteiger partial charge in [0, 0.05) is 24.1 Å². The molecule has 2 heteroatoms. The van der Waals surface area contributed by atoms with E-state index in [1.54, 1.807) is 0 Å². The lowest BCUT2D eigenvalue weighted by Gasteiger charge is -1.98. The van der Waals surface area contributed by atoms with Crippen molar-refractivity contribution in [3.63, 3.8) is 0 Å². The number of nitrogens with zero attached hydrogens (tertiary/aromatic N) is 2. The smallest absolute Gasteiger partial charge is 0.0670 e. The van der Waals surface area contributed by atoms with Gasteiger partial charge in [0.15, 0.2) is 0 Å². The predicted octanol–water partition coefficient (Wildman–Crippen LogP) is 3.58. The summed E-state index contributed by atoms with van der Waals surface area (Å²) < 4.78 is 2.08. The minimum atomic E-state index is 0.488. The standard InChI is InChI=1S/C12H12N2.C2H6/c1-9-4-3-5-11-12(9)10(6-7-13)8-14(11)2;1-2/h3-5,8H,6H2,1-2H3;1-2H3. The molecule has 0 unspecified atom stereocenters. The SMILES string of the molecule is CC.Cc1cccc2c1c(CC#N)cn2C. The van der Waals surface area contributed by atoms with Crippen LogP contribution < -0.4 is 0 Å². The van der Waals surface area contributed by atoms with Crippen LogP contribution in [0.25, 0.3) is 10.9 Å². The van der Waals surface area contributed by atoms with Crippen LogP contribution in [-0.4, -0.2) is 4.57 Å². The first-order chi connectivity index (χ1) is 7.74. The summed E-state index contributed by atoms with van der Waals surface area (Å²) in [5.74, 6) is 0. The van der Waals surface area contributed by atoms with Crippen molar-refractivity contribution in [3.05, 3.63) is 35.5 Å². The molecule has 0 amide bonds. The third kappa shape index (κ3) is 2.09. The summed E-state index contributed by atoms with van der Waals surface area (Å²) in [7, 11) is 2.02. The first-order valence-corrected chi connectivity index (χ1v) is 5.64. The molecule has 0 saturated heterocycles. The Balaban J connectivity index is 0.000000606. The van der Waals surface area contributed by atoms with Gasteiger partial charge in [0.05, 0.1) is 12.5 Å². The maximum Gasteiger partial charge on any atom is 0.0670 e. The van der Waals surface area contributed by atoms with E-state index in [2.05, 4.69) is 29.7 Å². The first-order valence-electron chi connectivity index (χ1n) is 5.64. The van der Waals surface area contributed by atoms with E-state index in [-0.39, 0.29) is 0 Å². The molecule has 2 aromatic rings. The molecule has 2 nitrogen and oxygen atoms in total. The summed E-state index contributed by atoms with van der Waals surface area (Å²) >= 11 is 0. The molecule has 1 aromatic heterocycles. The van der Waals surface area contributed by atoms with Crippen LogP contribution in [-0.2, 0) is 13.5 Å². The van der Waals surface area contributed by atoms with Crippen molar-refractivity contribution < 1.29 is 0 Å². The molecule has 0 saturated carbocycles. The highest BCUT2D eigenvalue weighted by Gasteiger charge is 2.07. The average Bonchev–Trinajstić information content (AvgIpc) is 2.61. The Bertz CT molecular complexity index is 515. The Labute approximate surface area is 97.1 Å². The second kappa shape index (κ2) is 5.37. The van der Waals surface area contributed by atoms with Crippen LogP contribution in [0.1, 0.15) is 25.0 Å². The molecule has 0 aliphatic heterocycles. The number of fused-ring (bicyclic) bond motifs is 1. The van der Waals surface area contributed by atoms with Gasteiger partial charge in [0.25, 0.3) is 0 Å². The van der Waals surface area contributed by atoms with Crippen molar-refractivity contribution in [2.24, 2.45) is 7.05 Å². The lowest BCUT2D eigenvalue weighted by atomic mass is 10.1. The van der Waals surface area contributed by atoms with Crippen LogP contribution in [0.4, 0.5) is 0 Å². The summed E-state index contributed by atoms with van der Waals surface area (Å²) in [6.07, 6.45) is 2.53. The van der Waals surface area contributed by atoms with Crippen LogP contribution in [0.2, 0.25) is 0 Å². The fourth-order valence-electron chi connectivity index (χ4n) is 1.95. The zero-order valence-electron chi connectivity index (χ0n) is 10.4. The van der Waals surface area contributed by atoms with Gasteiger partial charge in [0.1, 0.15) is 0 Å². The van der Waals surface area contributed by atoms with E-state index in [9.17, 15) is 0 Å². The van der Waals surface area contributed by atoms with Gasteiger partial charge in [0.2, 0.25) is 0 Å². The molecule has 16 heavy (non-hydrogen) atoms. The number of nitriles is 1. The van der Waals surface area contributed by atoms with E-state index in [1.807, 2.05) is 33.2 Å². The maximum atomic E-state index is 8.72. The maximum absolute atomic E-state index is 8.72. The monoisotopic (exact) mass is 214 g/mol. The van der Waals surface area contributed by atoms with Gasteiger partial charge in [-0.25, -0.2) is 0 Å². The molecular weight excluding hydrogens is 196 g/mol. The normalized spacial score (nSPS) is 9.44. The molecule has 0 N–H and O–H groups in total. The molecule has 0 aliphatic carbocycles. The Kier molecular flexibility index (Phi) is 4.13. The number of rotatable bonds is 1. The quantitative estimate of drug-likeness (QED) is 0.713. The predicted molar refractivity (Wildman–Crippen MR) is 68.3 cm³/mol. The Hall–Kier alpha value is -1.75. The Morgan fingerprint density at radius 2 is 2.00 bits per heavy atom. The largest absolute Gasteiger partial charge is 0.350 e. The minimum Gasteiger partial charge on any atom is -0.350 e. The van der Waals surface area contributed by atoms with E-state index in [0.717, 1.165) is 5.56 Å². The molecule has 0 atom stereocenters. The van der Waals surface area contributed by atoms with Gasteiger partial charge < -0.3 is 4.57 Å². The Morgan fingerprint density at radius 3 is 2.62 bits per heavy atom. The van der Waals surface area contributed by atoms with Gasteiger partial charge in [-0.2, -0.15) is 5.26 Å². The number of benzene rings is 1. The van der Waals surface area contributed by atoms with Gasteiger partial charge in [-0.05, 0) is 24.1 Å². The van der Waals surface area contributed by atoms with Gasteiger partial charge >= 0.3 is 0 Å². The highest BCUT2D eigenvalue weighted by Crippen LogP contribution is 2.24. The number of aryl methyl sites for hydroxylation is 2. The van der Waals surface area contributed by atoms with E-state index in [4.69, 9.17) is 5.26 Å². The highest BCUT2D eigenvalue weighted by molar-refractivity contribution is 5.87. The molecule has 0 spiro atoms. The minimum absolute atomic E-state index is 0.488. The first kappa shape index (κ1) is 12.3. The zero-order chi connectivity index (χ0) is 12.1. The molecule has 0 aliphatic rings. The van der Waals surface area contributed by atoms with Crippen molar-refractivity contribution >= 4 is 10.9 Å². The topological polar surface area (TPSA) is 28.7 Å². The van der Waals surface area contributed by atoms with Crippen molar-refractivity contribution in [1.82, 2.24) is 4.57 Å². The van der Waals surface area contributed by atoms with Crippen molar-refractivity contribution in [3.8, 4) is 6.07 Å². The van der Waals surface area contributed by atoms with Crippen LogP contribution in [0.15, 0.2) is 24.4 Å². The van der Waals surface area contributed by atoms with Crippen LogP contribution in [0, 0.1) is 18.3 Å². The third-order valence-corrected chi connectivity index (χ3v) is 2.57. The summed E-state index contributed by atoms with van der Waals surface area (Å²) in [5, 5.41) is 9.95. The molecule has 0 bridgehead atoms. The molecule has 84 valence electrons. The number of hydrogen-bond donors (Lipinski definition) is 0. The molecule has 1 heterocycles. The summed E-state index contributed by atoms with van der Waals surface area (Å²) in [4.78, 5) is 0. The molecule has 0 radical (unpaired) electrons. The zero-order valence-corrected chi connectivity index (χ0v) is 10.4. The van der Waals surface area contributed by atoms with E-state index >= 15 is 0 Å². The lowest BCUT2D eigenvalue weighted by molar-refractivity contribution is 0.960. The van der Waals surface area contributed by atoms with E-state index in [0.29, 0.717) is 6.42 Å². The second-order valence-electron chi connectivity index (χ2n) is 3.57. The van der Waals surface area contributed by atoms with Gasteiger partial charge in [-0.15, -0.1) is 0 Å². The summed E-state index contributed by atoms with van der Waals surface area (Å²) in [6, 6.07) is 8.43. The van der Waals surface area contributed by atoms with Crippen molar-refractivity contribution in [2.75, 3.05) is 0 Å². The van der Waals surface area contributed by atoms with Crippen LogP contribution in [0.5, 0.6) is 0 Å². The molecule has 0 fully saturated rings. The van der Waals surface area contributed by atoms with Crippen LogP contribution in [0.3, 0.4) is 0 Å². The van der Waals surface area contributed by atoms with Gasteiger partial charge in [-0.1, -0.05) is 26.0 Å². The summed E-state index contributed by atoms with van der Waals surface area (Å²) in [5.41, 5.74) is 3.58. The molecule has 2 rings (SSSR count). The van der Waals surface area contributed by atoms with E-state index < -0.39 is 0 Å². The van der Waals surface area contributed by atoms with Crippen LogP contribution >= 0.6 is 0 Å².